The molecule has 1 aromatic heterocycles. The number of hydrogen-bond donors (Lipinski definition) is 1. The number of rotatable bonds is 3. The highest BCUT2D eigenvalue weighted by atomic mass is 16.3. The van der Waals surface area contributed by atoms with E-state index in [0.717, 1.165) is 25.8 Å². The van der Waals surface area contributed by atoms with Crippen LogP contribution >= 0.6 is 0 Å². The summed E-state index contributed by atoms with van der Waals surface area (Å²) >= 11 is 0. The lowest BCUT2D eigenvalue weighted by Crippen LogP contribution is -2.10. The Kier molecular flexibility index (Phi) is 2.45. The fourth-order valence-electron chi connectivity index (χ4n) is 3.25. The SMILES string of the molecule is CCn1c2ccccc2c2cc(CC3(O)CC3)ccc21. The summed E-state index contributed by atoms with van der Waals surface area (Å²) in [5.74, 6) is 0. The summed E-state index contributed by atoms with van der Waals surface area (Å²) in [6.45, 7) is 3.17. The van der Waals surface area contributed by atoms with Gasteiger partial charge in [-0.1, -0.05) is 24.3 Å². The lowest BCUT2D eigenvalue weighted by atomic mass is 10.0. The van der Waals surface area contributed by atoms with Crippen LogP contribution in [0.2, 0.25) is 0 Å². The first kappa shape index (κ1) is 12.0. The number of hydrogen-bond acceptors (Lipinski definition) is 1. The summed E-state index contributed by atoms with van der Waals surface area (Å²) in [4.78, 5) is 0. The first-order valence-corrected chi connectivity index (χ1v) is 7.42. The van der Waals surface area contributed by atoms with Crippen molar-refractivity contribution in [3.8, 4) is 0 Å². The van der Waals surface area contributed by atoms with Crippen LogP contribution in [0.25, 0.3) is 21.8 Å². The molecule has 1 N–H and O–H groups in total. The van der Waals surface area contributed by atoms with Crippen LogP contribution in [0.1, 0.15) is 25.3 Å². The van der Waals surface area contributed by atoms with E-state index in [0.29, 0.717) is 0 Å². The molecule has 20 heavy (non-hydrogen) atoms. The van der Waals surface area contributed by atoms with Gasteiger partial charge in [0.2, 0.25) is 0 Å². The Morgan fingerprint density at radius 1 is 1.05 bits per heavy atom. The quantitative estimate of drug-likeness (QED) is 0.763. The number of aliphatic hydroxyl groups is 1. The van der Waals surface area contributed by atoms with Crippen LogP contribution in [0.3, 0.4) is 0 Å². The molecule has 0 atom stereocenters. The largest absolute Gasteiger partial charge is 0.390 e. The van der Waals surface area contributed by atoms with Gasteiger partial charge in [0, 0.05) is 34.8 Å². The third-order valence-electron chi connectivity index (χ3n) is 4.51. The second-order valence-electron chi connectivity index (χ2n) is 6.01. The van der Waals surface area contributed by atoms with Gasteiger partial charge in [0.15, 0.2) is 0 Å². The fourth-order valence-corrected chi connectivity index (χ4v) is 3.25. The first-order valence-electron chi connectivity index (χ1n) is 7.42. The summed E-state index contributed by atoms with van der Waals surface area (Å²) in [7, 11) is 0. The van der Waals surface area contributed by atoms with Crippen LogP contribution in [0.15, 0.2) is 42.5 Å². The molecule has 0 bridgehead atoms. The second-order valence-corrected chi connectivity index (χ2v) is 6.01. The topological polar surface area (TPSA) is 25.2 Å². The summed E-state index contributed by atoms with van der Waals surface area (Å²) in [5.41, 5.74) is 3.42. The molecule has 1 fully saturated rings. The maximum absolute atomic E-state index is 10.1. The van der Waals surface area contributed by atoms with Crippen molar-refractivity contribution in [1.29, 1.82) is 0 Å². The van der Waals surface area contributed by atoms with Crippen LogP contribution in [-0.4, -0.2) is 15.3 Å². The van der Waals surface area contributed by atoms with Crippen molar-refractivity contribution < 1.29 is 5.11 Å². The lowest BCUT2D eigenvalue weighted by Gasteiger charge is -2.08. The van der Waals surface area contributed by atoms with Gasteiger partial charge in [-0.3, -0.25) is 0 Å². The highest BCUT2D eigenvalue weighted by Crippen LogP contribution is 2.39. The lowest BCUT2D eigenvalue weighted by molar-refractivity contribution is 0.151. The van der Waals surface area contributed by atoms with Crippen molar-refractivity contribution in [3.63, 3.8) is 0 Å². The van der Waals surface area contributed by atoms with Crippen LogP contribution in [0.5, 0.6) is 0 Å². The van der Waals surface area contributed by atoms with Crippen LogP contribution in [0, 0.1) is 0 Å². The van der Waals surface area contributed by atoms with E-state index >= 15 is 0 Å². The van der Waals surface area contributed by atoms with Gasteiger partial charge in [-0.05, 0) is 43.5 Å². The number of nitrogens with zero attached hydrogens (tertiary/aromatic N) is 1. The van der Waals surface area contributed by atoms with E-state index in [1.807, 2.05) is 0 Å². The minimum atomic E-state index is -0.420. The molecule has 0 unspecified atom stereocenters. The van der Waals surface area contributed by atoms with E-state index in [1.165, 1.54) is 27.4 Å². The molecular formula is C18H19NO. The Balaban J connectivity index is 1.94. The predicted molar refractivity (Wildman–Crippen MR) is 83.0 cm³/mol. The van der Waals surface area contributed by atoms with E-state index in [4.69, 9.17) is 0 Å². The van der Waals surface area contributed by atoms with Gasteiger partial charge >= 0.3 is 0 Å². The van der Waals surface area contributed by atoms with E-state index in [1.54, 1.807) is 0 Å². The number of fused-ring (bicyclic) bond motifs is 3. The molecule has 0 saturated heterocycles. The molecule has 1 heterocycles. The number of aryl methyl sites for hydroxylation is 1. The zero-order valence-electron chi connectivity index (χ0n) is 11.8. The second kappa shape index (κ2) is 4.10. The van der Waals surface area contributed by atoms with E-state index in [9.17, 15) is 5.11 Å². The Bertz CT molecular complexity index is 796. The average molecular weight is 265 g/mol. The highest BCUT2D eigenvalue weighted by Gasteiger charge is 2.40. The Morgan fingerprint density at radius 3 is 2.55 bits per heavy atom. The molecule has 3 aromatic rings. The van der Waals surface area contributed by atoms with Crippen molar-refractivity contribution in [2.75, 3.05) is 0 Å². The summed E-state index contributed by atoms with van der Waals surface area (Å²) in [6, 6.07) is 15.2. The Labute approximate surface area is 118 Å². The van der Waals surface area contributed by atoms with Gasteiger partial charge in [0.25, 0.3) is 0 Å². The van der Waals surface area contributed by atoms with Crippen LogP contribution in [-0.2, 0) is 13.0 Å². The summed E-state index contributed by atoms with van der Waals surface area (Å²) < 4.78 is 2.36. The molecular weight excluding hydrogens is 246 g/mol. The number of aromatic nitrogens is 1. The molecule has 0 aliphatic heterocycles. The molecule has 2 heteroatoms. The minimum Gasteiger partial charge on any atom is -0.390 e. The molecule has 1 aliphatic carbocycles. The predicted octanol–water partition coefficient (Wildman–Crippen LogP) is 3.88. The molecule has 0 radical (unpaired) electrons. The van der Waals surface area contributed by atoms with Crippen molar-refractivity contribution in [2.45, 2.75) is 38.3 Å². The number of para-hydroxylation sites is 1. The van der Waals surface area contributed by atoms with Gasteiger partial charge in [-0.25, -0.2) is 0 Å². The molecule has 0 spiro atoms. The van der Waals surface area contributed by atoms with E-state index in [-0.39, 0.29) is 0 Å². The van der Waals surface area contributed by atoms with Gasteiger partial charge in [0.05, 0.1) is 5.60 Å². The molecule has 1 saturated carbocycles. The maximum atomic E-state index is 10.1. The maximum Gasteiger partial charge on any atom is 0.0690 e. The van der Waals surface area contributed by atoms with Crippen molar-refractivity contribution >= 4 is 21.8 Å². The zero-order valence-corrected chi connectivity index (χ0v) is 11.8. The number of benzene rings is 2. The Morgan fingerprint density at radius 2 is 1.80 bits per heavy atom. The average Bonchev–Trinajstić information content (AvgIpc) is 3.10. The summed E-state index contributed by atoms with van der Waals surface area (Å²) in [5, 5.41) is 12.7. The van der Waals surface area contributed by atoms with Gasteiger partial charge in [-0.15, -0.1) is 0 Å². The van der Waals surface area contributed by atoms with Crippen LogP contribution in [0.4, 0.5) is 0 Å². The Hall–Kier alpha value is -1.80. The molecule has 1 aliphatic rings. The first-order chi connectivity index (χ1) is 9.70. The van der Waals surface area contributed by atoms with Gasteiger partial charge < -0.3 is 9.67 Å². The zero-order chi connectivity index (χ0) is 13.7. The van der Waals surface area contributed by atoms with E-state index < -0.39 is 5.60 Å². The smallest absolute Gasteiger partial charge is 0.0690 e. The molecule has 2 aromatic carbocycles. The summed E-state index contributed by atoms with van der Waals surface area (Å²) in [6.07, 6.45) is 2.68. The van der Waals surface area contributed by atoms with E-state index in [2.05, 4.69) is 54.0 Å². The highest BCUT2D eigenvalue weighted by molar-refractivity contribution is 6.08. The van der Waals surface area contributed by atoms with Gasteiger partial charge in [0.1, 0.15) is 0 Å². The monoisotopic (exact) mass is 265 g/mol. The molecule has 4 rings (SSSR count). The normalized spacial score (nSPS) is 16.9. The van der Waals surface area contributed by atoms with Crippen molar-refractivity contribution in [2.24, 2.45) is 0 Å². The van der Waals surface area contributed by atoms with Gasteiger partial charge in [-0.2, -0.15) is 0 Å². The fraction of sp³-hybridized carbons (Fsp3) is 0.333. The molecule has 2 nitrogen and oxygen atoms in total. The van der Waals surface area contributed by atoms with Crippen molar-refractivity contribution in [3.05, 3.63) is 48.0 Å². The van der Waals surface area contributed by atoms with Crippen LogP contribution < -0.4 is 0 Å². The standard InChI is InChI=1S/C18H19NO/c1-2-19-16-6-4-3-5-14(16)15-11-13(7-8-17(15)19)12-18(20)9-10-18/h3-8,11,20H,2,9-10,12H2,1H3. The van der Waals surface area contributed by atoms with Crippen molar-refractivity contribution in [1.82, 2.24) is 4.57 Å². The molecule has 0 amide bonds. The molecule has 102 valence electrons. The third kappa shape index (κ3) is 1.75. The third-order valence-corrected chi connectivity index (χ3v) is 4.51. The minimum absolute atomic E-state index is 0.420.